The second-order valence-electron chi connectivity index (χ2n) is 4.94. The zero-order valence-electron chi connectivity index (χ0n) is 13.5. The summed E-state index contributed by atoms with van der Waals surface area (Å²) in [6.07, 6.45) is 0. The molecule has 0 saturated carbocycles. The van der Waals surface area contributed by atoms with Crippen molar-refractivity contribution in [3.63, 3.8) is 0 Å². The number of aromatic hydroxyl groups is 7. The van der Waals surface area contributed by atoms with Crippen molar-refractivity contribution in [3.05, 3.63) is 52.7 Å². The molecule has 0 unspecified atom stereocenters. The van der Waals surface area contributed by atoms with E-state index in [0.717, 1.165) is 12.1 Å². The van der Waals surface area contributed by atoms with Crippen LogP contribution in [0.5, 0.6) is 40.2 Å². The maximum Gasteiger partial charge on any atom is 0.220 e. The van der Waals surface area contributed by atoms with Gasteiger partial charge in [0.05, 0.1) is 5.39 Å². The van der Waals surface area contributed by atoms with Gasteiger partial charge in [0.1, 0.15) is 0 Å². The van der Waals surface area contributed by atoms with Crippen LogP contribution in [0.1, 0.15) is 7.43 Å². The minimum absolute atomic E-state index is 0. The smallest absolute Gasteiger partial charge is 0.220 e. The molecule has 3 rings (SSSR count). The number of hydrogen-bond donors (Lipinski definition) is 9. The van der Waals surface area contributed by atoms with Crippen molar-refractivity contribution in [2.24, 2.45) is 0 Å². The fourth-order valence-electron chi connectivity index (χ4n) is 2.01. The largest absolute Gasteiger partial charge is 0.504 e. The summed E-state index contributed by atoms with van der Waals surface area (Å²) in [5, 5.41) is 75.8. The van der Waals surface area contributed by atoms with E-state index in [-0.39, 0.29) is 29.7 Å². The summed E-state index contributed by atoms with van der Waals surface area (Å²) in [5.41, 5.74) is -0.685. The molecule has 0 bridgehead atoms. The van der Waals surface area contributed by atoms with Gasteiger partial charge in [0.25, 0.3) is 0 Å². The Labute approximate surface area is 158 Å². The first kappa shape index (κ1) is 24.1. The Morgan fingerprint density at radius 2 is 1.07 bits per heavy atom. The van der Waals surface area contributed by atoms with Crippen LogP contribution < -0.4 is 5.43 Å². The highest BCUT2D eigenvalue weighted by molar-refractivity contribution is 5.96. The molecule has 0 aliphatic heterocycles. The zero-order chi connectivity index (χ0) is 20.7. The lowest BCUT2D eigenvalue weighted by molar-refractivity contribution is -0.176. The molecule has 0 atom stereocenters. The molecule has 0 aliphatic carbocycles. The lowest BCUT2D eigenvalue weighted by Crippen LogP contribution is -1.93. The Morgan fingerprint density at radius 1 is 0.571 bits per heavy atom. The highest BCUT2D eigenvalue weighted by Gasteiger charge is 2.14. The van der Waals surface area contributed by atoms with Crippen LogP contribution >= 0.6 is 0 Å². The second-order valence-corrected chi connectivity index (χ2v) is 4.94. The molecular formula is C18H20O10. The van der Waals surface area contributed by atoms with E-state index < -0.39 is 34.2 Å². The van der Waals surface area contributed by atoms with Gasteiger partial charge in [0.2, 0.25) is 11.2 Å². The lowest BCUT2D eigenvalue weighted by atomic mass is 10.1. The Hall–Kier alpha value is -3.89. The van der Waals surface area contributed by atoms with E-state index in [2.05, 4.69) is 0 Å². The Balaban J connectivity index is 0.000000521. The number of rotatable bonds is 0. The third-order valence-corrected chi connectivity index (χ3v) is 3.27. The van der Waals surface area contributed by atoms with Crippen molar-refractivity contribution in [3.8, 4) is 40.2 Å². The molecule has 0 saturated heterocycles. The molecule has 3 aromatic rings. The molecule has 0 spiro atoms. The van der Waals surface area contributed by atoms with E-state index in [1.54, 1.807) is 0 Å². The molecule has 10 nitrogen and oxygen atoms in total. The molecular weight excluding hydrogens is 376 g/mol. The predicted molar refractivity (Wildman–Crippen MR) is 100 cm³/mol. The van der Waals surface area contributed by atoms with Crippen molar-refractivity contribution >= 4 is 10.8 Å². The van der Waals surface area contributed by atoms with E-state index in [0.29, 0.717) is 0 Å². The van der Waals surface area contributed by atoms with Crippen LogP contribution in [0.2, 0.25) is 0 Å². The van der Waals surface area contributed by atoms with Crippen LogP contribution in [0.25, 0.3) is 10.8 Å². The van der Waals surface area contributed by atoms with Gasteiger partial charge in [0.15, 0.2) is 34.5 Å². The van der Waals surface area contributed by atoms with Crippen molar-refractivity contribution in [1.29, 1.82) is 0 Å². The Bertz CT molecular complexity index is 981. The van der Waals surface area contributed by atoms with E-state index in [4.69, 9.17) is 25.8 Å². The highest BCUT2D eigenvalue weighted by atomic mass is 17.0. The first-order valence-corrected chi connectivity index (χ1v) is 7.03. The molecule has 0 aromatic heterocycles. The standard InChI is InChI=1S/C11H8O5.C6H6O3.CH4.H2O2/c12-6-3-1-2-5-4-7(13)10(15)11(16)8(5)9(6)14;7-4-2-1-3-5(8)6(4)9;;1-2/h1-4,13,15-16H,(H,12,14);1-3,7-9H;1H4;1-2H. The number of fused-ring (bicyclic) bond motifs is 1. The van der Waals surface area contributed by atoms with Crippen LogP contribution in [0.4, 0.5) is 0 Å². The van der Waals surface area contributed by atoms with Crippen LogP contribution in [0, 0.1) is 0 Å². The van der Waals surface area contributed by atoms with Gasteiger partial charge in [0, 0.05) is 0 Å². The average Bonchev–Trinajstić information content (AvgIpc) is 2.79. The summed E-state index contributed by atoms with van der Waals surface area (Å²) in [5.74, 6) is -3.78. The summed E-state index contributed by atoms with van der Waals surface area (Å²) >= 11 is 0. The van der Waals surface area contributed by atoms with Gasteiger partial charge in [-0.15, -0.1) is 0 Å². The predicted octanol–water partition coefficient (Wildman–Crippen LogP) is 2.48. The minimum Gasteiger partial charge on any atom is -0.504 e. The van der Waals surface area contributed by atoms with Crippen LogP contribution in [-0.4, -0.2) is 46.3 Å². The van der Waals surface area contributed by atoms with Crippen molar-refractivity contribution in [1.82, 2.24) is 0 Å². The first-order chi connectivity index (χ1) is 12.7. The summed E-state index contributed by atoms with van der Waals surface area (Å²) in [4.78, 5) is 11.3. The lowest BCUT2D eigenvalue weighted by Gasteiger charge is -2.04. The normalized spacial score (nSPS) is 9.21. The summed E-state index contributed by atoms with van der Waals surface area (Å²) in [6, 6.07) is 9.07. The number of phenols is 6. The Kier molecular flexibility index (Phi) is 8.87. The maximum absolute atomic E-state index is 11.3. The highest BCUT2D eigenvalue weighted by Crippen LogP contribution is 2.42. The minimum atomic E-state index is -0.770. The molecule has 0 amide bonds. The number of hydrogen-bond acceptors (Lipinski definition) is 10. The van der Waals surface area contributed by atoms with E-state index in [1.807, 2.05) is 0 Å². The van der Waals surface area contributed by atoms with Gasteiger partial charge in [-0.2, -0.15) is 0 Å². The van der Waals surface area contributed by atoms with E-state index in [9.17, 15) is 25.2 Å². The van der Waals surface area contributed by atoms with Crippen LogP contribution in [0.3, 0.4) is 0 Å². The SMILES string of the molecule is C.O=c1cccc2cc(O)c(O)c(O)c2c1O.OO.Oc1cccc(O)c1O. The van der Waals surface area contributed by atoms with Crippen molar-refractivity contribution < 1.29 is 46.3 Å². The average molecular weight is 396 g/mol. The van der Waals surface area contributed by atoms with Gasteiger partial charge in [-0.05, 0) is 29.7 Å². The number of benzene rings is 2. The molecule has 3 aromatic carbocycles. The summed E-state index contributed by atoms with van der Waals surface area (Å²) in [7, 11) is 0. The Morgan fingerprint density at radius 3 is 1.57 bits per heavy atom. The maximum atomic E-state index is 11.3. The van der Waals surface area contributed by atoms with E-state index >= 15 is 0 Å². The molecule has 9 N–H and O–H groups in total. The third-order valence-electron chi connectivity index (χ3n) is 3.27. The molecule has 0 heterocycles. The van der Waals surface area contributed by atoms with Gasteiger partial charge >= 0.3 is 0 Å². The fraction of sp³-hybridized carbons (Fsp3) is 0.0556. The molecule has 10 heteroatoms. The van der Waals surface area contributed by atoms with Gasteiger partial charge in [-0.1, -0.05) is 25.6 Å². The number of para-hydroxylation sites is 1. The zero-order valence-corrected chi connectivity index (χ0v) is 13.5. The van der Waals surface area contributed by atoms with Gasteiger partial charge in [-0.25, -0.2) is 0 Å². The quantitative estimate of drug-likeness (QED) is 0.154. The second kappa shape index (κ2) is 10.3. The topological polar surface area (TPSA) is 199 Å². The van der Waals surface area contributed by atoms with Crippen molar-refractivity contribution in [2.45, 2.75) is 7.43 Å². The van der Waals surface area contributed by atoms with Crippen molar-refractivity contribution in [2.75, 3.05) is 0 Å². The number of phenolic OH excluding ortho intramolecular Hbond substituents is 6. The van der Waals surface area contributed by atoms with E-state index in [1.165, 1.54) is 30.3 Å². The molecule has 0 radical (unpaired) electrons. The fourth-order valence-corrected chi connectivity index (χ4v) is 2.01. The summed E-state index contributed by atoms with van der Waals surface area (Å²) < 4.78 is 0. The van der Waals surface area contributed by atoms with Gasteiger partial charge < -0.3 is 35.7 Å². The van der Waals surface area contributed by atoms with Crippen LogP contribution in [0.15, 0.2) is 47.3 Å². The molecule has 0 aliphatic rings. The summed E-state index contributed by atoms with van der Waals surface area (Å²) in [6.45, 7) is 0. The monoisotopic (exact) mass is 396 g/mol. The van der Waals surface area contributed by atoms with Gasteiger partial charge in [-0.3, -0.25) is 15.3 Å². The molecule has 28 heavy (non-hydrogen) atoms. The molecule has 152 valence electrons. The molecule has 0 fully saturated rings. The first-order valence-electron chi connectivity index (χ1n) is 7.03. The van der Waals surface area contributed by atoms with Crippen LogP contribution in [-0.2, 0) is 0 Å². The third kappa shape index (κ3) is 5.06.